The van der Waals surface area contributed by atoms with Crippen LogP contribution in [0.15, 0.2) is 156 Å². The third-order valence-corrected chi connectivity index (χ3v) is 8.61. The molecule has 0 fully saturated rings. The molecule has 238 valence electrons. The third kappa shape index (κ3) is 6.81. The zero-order chi connectivity index (χ0) is 33.7. The summed E-state index contributed by atoms with van der Waals surface area (Å²) in [6.45, 7) is 6.02. The van der Waals surface area contributed by atoms with Crippen molar-refractivity contribution in [2.24, 2.45) is 4.99 Å². The highest BCUT2D eigenvalue weighted by atomic mass is 14.8. The number of para-hydroxylation sites is 2. The van der Waals surface area contributed by atoms with Crippen LogP contribution in [0.5, 0.6) is 0 Å². The van der Waals surface area contributed by atoms with Gasteiger partial charge in [-0.25, -0.2) is 9.97 Å². The molecular formula is C45H38N4. The Morgan fingerprint density at radius 3 is 1.84 bits per heavy atom. The van der Waals surface area contributed by atoms with Crippen LogP contribution >= 0.6 is 0 Å². The summed E-state index contributed by atoms with van der Waals surface area (Å²) in [6.07, 6.45) is 6.17. The molecule has 0 aliphatic heterocycles. The molecule has 1 N–H and O–H groups in total. The van der Waals surface area contributed by atoms with E-state index in [1.165, 1.54) is 27.5 Å². The van der Waals surface area contributed by atoms with Crippen LogP contribution < -0.4 is 5.32 Å². The molecule has 0 radical (unpaired) electrons. The predicted molar refractivity (Wildman–Crippen MR) is 210 cm³/mol. The second-order valence-electron chi connectivity index (χ2n) is 12.4. The zero-order valence-electron chi connectivity index (χ0n) is 28.3. The van der Waals surface area contributed by atoms with Crippen LogP contribution in [0.2, 0.25) is 0 Å². The number of rotatable bonds is 8. The number of allylic oxidation sites excluding steroid dienone is 3. The average molecular weight is 635 g/mol. The number of fused-ring (bicyclic) bond motifs is 2. The summed E-state index contributed by atoms with van der Waals surface area (Å²) in [7, 11) is 1.96. The SMILES string of the molecule is CNc1cccc(-c2ccc(-c3ccc(-c4nc5ccccc5nc4-c4cccc(/C=C/C=C(/C)N=C(C)C)c4)cc3)c3ccccc23)c1. The van der Waals surface area contributed by atoms with Gasteiger partial charge in [0.1, 0.15) is 0 Å². The van der Waals surface area contributed by atoms with E-state index in [1.54, 1.807) is 0 Å². The average Bonchev–Trinajstić information content (AvgIpc) is 3.14. The van der Waals surface area contributed by atoms with Crippen LogP contribution in [0.25, 0.3) is 72.7 Å². The monoisotopic (exact) mass is 634 g/mol. The van der Waals surface area contributed by atoms with E-state index in [-0.39, 0.29) is 0 Å². The number of anilines is 1. The third-order valence-electron chi connectivity index (χ3n) is 8.61. The minimum Gasteiger partial charge on any atom is -0.388 e. The first-order chi connectivity index (χ1) is 24.0. The molecule has 0 saturated carbocycles. The summed E-state index contributed by atoms with van der Waals surface area (Å²) >= 11 is 0. The zero-order valence-corrected chi connectivity index (χ0v) is 28.3. The Hall–Kier alpha value is -6.13. The summed E-state index contributed by atoms with van der Waals surface area (Å²) < 4.78 is 0. The minimum atomic E-state index is 0.859. The van der Waals surface area contributed by atoms with E-state index >= 15 is 0 Å². The van der Waals surface area contributed by atoms with Crippen LogP contribution in [0, 0.1) is 0 Å². The van der Waals surface area contributed by atoms with Crippen molar-refractivity contribution in [1.29, 1.82) is 0 Å². The first-order valence-corrected chi connectivity index (χ1v) is 16.6. The van der Waals surface area contributed by atoms with Gasteiger partial charge >= 0.3 is 0 Å². The Bertz CT molecular complexity index is 2390. The molecule has 0 saturated heterocycles. The van der Waals surface area contributed by atoms with Crippen LogP contribution in [0.1, 0.15) is 26.3 Å². The fraction of sp³-hybridized carbons (Fsp3) is 0.0889. The quantitative estimate of drug-likeness (QED) is 0.134. The van der Waals surface area contributed by atoms with Crippen molar-refractivity contribution in [3.8, 4) is 44.8 Å². The molecule has 4 nitrogen and oxygen atoms in total. The van der Waals surface area contributed by atoms with Gasteiger partial charge in [-0.1, -0.05) is 115 Å². The number of benzene rings is 6. The molecule has 7 rings (SSSR count). The Morgan fingerprint density at radius 1 is 0.571 bits per heavy atom. The summed E-state index contributed by atoms with van der Waals surface area (Å²) in [6, 6.07) is 47.0. The second-order valence-corrected chi connectivity index (χ2v) is 12.4. The summed E-state index contributed by atoms with van der Waals surface area (Å²) in [4.78, 5) is 14.8. The van der Waals surface area contributed by atoms with E-state index in [2.05, 4.69) is 126 Å². The van der Waals surface area contributed by atoms with Gasteiger partial charge in [0.05, 0.1) is 22.4 Å². The van der Waals surface area contributed by atoms with Gasteiger partial charge in [0, 0.05) is 35.3 Å². The highest BCUT2D eigenvalue weighted by molar-refractivity contribution is 6.05. The molecule has 0 spiro atoms. The van der Waals surface area contributed by atoms with Gasteiger partial charge in [-0.2, -0.15) is 0 Å². The summed E-state index contributed by atoms with van der Waals surface area (Å²) in [5.41, 5.74) is 14.5. The van der Waals surface area contributed by atoms with Crippen LogP contribution in [-0.4, -0.2) is 22.7 Å². The second kappa shape index (κ2) is 13.9. The minimum absolute atomic E-state index is 0.859. The van der Waals surface area contributed by atoms with Crippen molar-refractivity contribution in [2.45, 2.75) is 20.8 Å². The van der Waals surface area contributed by atoms with Crippen molar-refractivity contribution in [2.75, 3.05) is 12.4 Å². The van der Waals surface area contributed by atoms with Crippen molar-refractivity contribution < 1.29 is 0 Å². The summed E-state index contributed by atoms with van der Waals surface area (Å²) in [5, 5.41) is 5.72. The van der Waals surface area contributed by atoms with Crippen molar-refractivity contribution >= 4 is 39.3 Å². The Morgan fingerprint density at radius 2 is 1.16 bits per heavy atom. The fourth-order valence-corrected chi connectivity index (χ4v) is 6.33. The Labute approximate surface area is 288 Å². The molecule has 1 heterocycles. The number of nitrogens with one attached hydrogen (secondary N) is 1. The van der Waals surface area contributed by atoms with E-state index in [0.29, 0.717) is 0 Å². The largest absolute Gasteiger partial charge is 0.388 e. The van der Waals surface area contributed by atoms with Crippen LogP contribution in [-0.2, 0) is 0 Å². The van der Waals surface area contributed by atoms with Gasteiger partial charge in [-0.15, -0.1) is 0 Å². The van der Waals surface area contributed by atoms with E-state index in [9.17, 15) is 0 Å². The predicted octanol–water partition coefficient (Wildman–Crippen LogP) is 11.9. The van der Waals surface area contributed by atoms with Gasteiger partial charge in [0.15, 0.2) is 0 Å². The van der Waals surface area contributed by atoms with Crippen LogP contribution in [0.4, 0.5) is 5.69 Å². The Balaban J connectivity index is 1.28. The molecule has 6 aromatic carbocycles. The molecule has 0 aliphatic rings. The molecule has 0 aliphatic carbocycles. The van der Waals surface area contributed by atoms with Gasteiger partial charge in [-0.3, -0.25) is 4.99 Å². The van der Waals surface area contributed by atoms with Crippen molar-refractivity contribution in [1.82, 2.24) is 9.97 Å². The van der Waals surface area contributed by atoms with E-state index in [4.69, 9.17) is 9.97 Å². The number of hydrogen-bond acceptors (Lipinski definition) is 4. The standard InChI is InChI=1S/C45H38N4/c1-30(2)47-31(3)12-9-13-32-14-10-16-36(28-32)45-44(48-42-20-7-8-21-43(42)49-45)34-24-22-33(23-25-34)38-26-27-39(41-19-6-5-18-40(38)41)35-15-11-17-37(29-35)46-4/h5-29,46H,1-4H3/b13-9+,31-12-. The highest BCUT2D eigenvalue weighted by Gasteiger charge is 2.15. The van der Waals surface area contributed by atoms with Gasteiger partial charge < -0.3 is 5.32 Å². The van der Waals surface area contributed by atoms with Crippen LogP contribution in [0.3, 0.4) is 0 Å². The fourth-order valence-electron chi connectivity index (χ4n) is 6.33. The van der Waals surface area contributed by atoms with Gasteiger partial charge in [0.2, 0.25) is 0 Å². The molecule has 7 aromatic rings. The van der Waals surface area contributed by atoms with E-state index in [0.717, 1.165) is 61.8 Å². The lowest BCUT2D eigenvalue weighted by molar-refractivity contribution is 1.29. The molecule has 0 bridgehead atoms. The highest BCUT2D eigenvalue weighted by Crippen LogP contribution is 2.38. The number of aliphatic imine (C=N–C) groups is 1. The Kier molecular flexibility index (Phi) is 8.94. The maximum absolute atomic E-state index is 5.17. The number of aromatic nitrogens is 2. The first-order valence-electron chi connectivity index (χ1n) is 16.6. The maximum Gasteiger partial charge on any atom is 0.0973 e. The molecule has 0 unspecified atom stereocenters. The molecule has 4 heteroatoms. The normalized spacial score (nSPS) is 11.7. The molecule has 0 amide bonds. The molecular weight excluding hydrogens is 597 g/mol. The van der Waals surface area contributed by atoms with E-state index in [1.807, 2.05) is 64.2 Å². The summed E-state index contributed by atoms with van der Waals surface area (Å²) in [5.74, 6) is 0. The molecule has 49 heavy (non-hydrogen) atoms. The smallest absolute Gasteiger partial charge is 0.0973 e. The lowest BCUT2D eigenvalue weighted by Crippen LogP contribution is -1.96. The number of nitrogens with zero attached hydrogens (tertiary/aromatic N) is 3. The first kappa shape index (κ1) is 31.5. The molecule has 1 aromatic heterocycles. The van der Waals surface area contributed by atoms with Crippen molar-refractivity contribution in [3.05, 3.63) is 157 Å². The van der Waals surface area contributed by atoms with Gasteiger partial charge in [-0.05, 0) is 95.8 Å². The topological polar surface area (TPSA) is 50.2 Å². The lowest BCUT2D eigenvalue weighted by atomic mass is 9.91. The van der Waals surface area contributed by atoms with Gasteiger partial charge in [0.25, 0.3) is 0 Å². The lowest BCUT2D eigenvalue weighted by Gasteiger charge is -2.14. The molecule has 0 atom stereocenters. The maximum atomic E-state index is 5.17. The van der Waals surface area contributed by atoms with E-state index < -0.39 is 0 Å². The number of hydrogen-bond donors (Lipinski definition) is 1. The van der Waals surface area contributed by atoms with Crippen molar-refractivity contribution in [3.63, 3.8) is 0 Å².